The number of aliphatic hydroxyl groups excluding tert-OH is 2. The van der Waals surface area contributed by atoms with Crippen LogP contribution < -0.4 is 33.2 Å². The van der Waals surface area contributed by atoms with Crippen LogP contribution in [-0.2, 0) is 28.8 Å². The zero-order valence-electron chi connectivity index (χ0n) is 16.7. The lowest BCUT2D eigenvalue weighted by atomic mass is 10.1. The van der Waals surface area contributed by atoms with E-state index in [0.717, 1.165) is 6.92 Å². The van der Waals surface area contributed by atoms with E-state index in [2.05, 4.69) is 10.6 Å². The van der Waals surface area contributed by atoms with E-state index in [4.69, 9.17) is 27.4 Å². The van der Waals surface area contributed by atoms with E-state index in [1.165, 1.54) is 0 Å². The second-order valence-electron chi connectivity index (χ2n) is 6.65. The molecule has 0 spiro atoms. The molecule has 0 rings (SSSR count). The molecule has 0 saturated carbocycles. The van der Waals surface area contributed by atoms with Crippen LogP contribution in [0.15, 0.2) is 0 Å². The second kappa shape index (κ2) is 13.1. The smallest absolute Gasteiger partial charge is 0.328 e. The molecule has 5 amide bonds. The second-order valence-corrected chi connectivity index (χ2v) is 6.65. The van der Waals surface area contributed by atoms with Gasteiger partial charge in [-0.25, -0.2) is 4.79 Å². The molecule has 0 aromatic rings. The molecule has 0 aliphatic carbocycles. The summed E-state index contributed by atoms with van der Waals surface area (Å²) in [6.45, 7) is 0.183. The number of nitrogens with two attached hydrogens (primary N) is 3. The lowest BCUT2D eigenvalue weighted by Crippen LogP contribution is -2.60. The number of amides is 5. The van der Waals surface area contributed by atoms with Crippen molar-refractivity contribution in [2.24, 2.45) is 17.2 Å². The molecule has 5 unspecified atom stereocenters. The summed E-state index contributed by atoms with van der Waals surface area (Å²) < 4.78 is 0. The Kier molecular flexibility index (Phi) is 11.7. The van der Waals surface area contributed by atoms with Crippen LogP contribution in [0, 0.1) is 0 Å². The van der Waals surface area contributed by atoms with Gasteiger partial charge in [0.2, 0.25) is 29.5 Å². The predicted octanol–water partition coefficient (Wildman–Crippen LogP) is -5.63. The minimum absolute atomic E-state index is 0.125. The largest absolute Gasteiger partial charge is 0.480 e. The molecule has 176 valence electrons. The van der Waals surface area contributed by atoms with E-state index in [-0.39, 0.29) is 12.8 Å². The number of aliphatic carboxylic acids is 1. The maximum absolute atomic E-state index is 12.5. The third kappa shape index (κ3) is 10.3. The first-order chi connectivity index (χ1) is 14.3. The normalized spacial score (nSPS) is 15.5. The Hall–Kier alpha value is -3.30. The van der Waals surface area contributed by atoms with Crippen molar-refractivity contribution < 1.29 is 44.1 Å². The van der Waals surface area contributed by atoms with Crippen molar-refractivity contribution in [1.82, 2.24) is 16.0 Å². The van der Waals surface area contributed by atoms with Crippen molar-refractivity contribution in [2.45, 2.75) is 56.5 Å². The lowest BCUT2D eigenvalue weighted by molar-refractivity contribution is -0.143. The highest BCUT2D eigenvalue weighted by atomic mass is 16.4. The van der Waals surface area contributed by atoms with E-state index in [1.807, 2.05) is 5.32 Å². The van der Waals surface area contributed by atoms with E-state index in [1.54, 1.807) is 0 Å². The van der Waals surface area contributed by atoms with Crippen LogP contribution in [0.1, 0.15) is 26.2 Å². The van der Waals surface area contributed by atoms with Gasteiger partial charge < -0.3 is 48.5 Å². The maximum Gasteiger partial charge on any atom is 0.328 e. The quantitative estimate of drug-likeness (QED) is 0.121. The Labute approximate surface area is 176 Å². The van der Waals surface area contributed by atoms with Gasteiger partial charge in [0.05, 0.1) is 25.2 Å². The van der Waals surface area contributed by atoms with E-state index in [9.17, 15) is 33.9 Å². The SMILES string of the molecule is CC(O)C(NC(=O)C(N)CCC(N)=O)C(=O)NC(CC(N)=O)C(=O)NC(CO)C(=O)O. The van der Waals surface area contributed by atoms with Crippen molar-refractivity contribution >= 4 is 35.5 Å². The van der Waals surface area contributed by atoms with Crippen LogP contribution >= 0.6 is 0 Å². The van der Waals surface area contributed by atoms with Crippen LogP contribution in [0.3, 0.4) is 0 Å². The molecule has 5 atom stereocenters. The van der Waals surface area contributed by atoms with E-state index in [0.29, 0.717) is 0 Å². The minimum Gasteiger partial charge on any atom is -0.480 e. The fourth-order valence-corrected chi connectivity index (χ4v) is 2.22. The monoisotopic (exact) mass is 448 g/mol. The molecule has 15 heteroatoms. The van der Waals surface area contributed by atoms with Crippen molar-refractivity contribution in [3.63, 3.8) is 0 Å². The molecule has 0 bridgehead atoms. The fraction of sp³-hybridized carbons (Fsp3) is 0.625. The topological polar surface area (TPSA) is 277 Å². The van der Waals surface area contributed by atoms with Gasteiger partial charge in [-0.2, -0.15) is 0 Å². The Bertz CT molecular complexity index is 699. The average molecular weight is 448 g/mol. The van der Waals surface area contributed by atoms with Gasteiger partial charge >= 0.3 is 5.97 Å². The highest BCUT2D eigenvalue weighted by molar-refractivity contribution is 5.96. The number of carboxylic acids is 1. The molecular formula is C16H28N6O9. The van der Waals surface area contributed by atoms with E-state index < -0.39 is 78.8 Å². The van der Waals surface area contributed by atoms with Gasteiger partial charge in [-0.3, -0.25) is 24.0 Å². The van der Waals surface area contributed by atoms with Crippen LogP contribution in [0.5, 0.6) is 0 Å². The third-order valence-electron chi connectivity index (χ3n) is 3.94. The number of aliphatic hydroxyl groups is 2. The summed E-state index contributed by atoms with van der Waals surface area (Å²) in [5.74, 6) is -6.45. The van der Waals surface area contributed by atoms with Gasteiger partial charge in [-0.15, -0.1) is 0 Å². The van der Waals surface area contributed by atoms with Gasteiger partial charge in [0, 0.05) is 6.42 Å². The number of carbonyl (C=O) groups excluding carboxylic acids is 5. The van der Waals surface area contributed by atoms with Gasteiger partial charge in [-0.05, 0) is 13.3 Å². The van der Waals surface area contributed by atoms with Gasteiger partial charge in [0.25, 0.3) is 0 Å². The van der Waals surface area contributed by atoms with Crippen LogP contribution in [0.4, 0.5) is 0 Å². The van der Waals surface area contributed by atoms with Crippen molar-refractivity contribution in [3.8, 4) is 0 Å². The molecule has 0 aromatic heterocycles. The molecule has 15 nitrogen and oxygen atoms in total. The predicted molar refractivity (Wildman–Crippen MR) is 102 cm³/mol. The Morgan fingerprint density at radius 1 is 0.871 bits per heavy atom. The standard InChI is InChI=1S/C16H28N6O9/c1-6(24)12(22-13(27)7(17)2-3-10(18)25)15(29)20-8(4-11(19)26)14(28)21-9(5-23)16(30)31/h6-9,12,23-24H,2-5,17H2,1H3,(H2,18,25)(H2,19,26)(H,20,29)(H,21,28)(H,22,27)(H,30,31). The van der Waals surface area contributed by atoms with Crippen molar-refractivity contribution in [2.75, 3.05) is 6.61 Å². The fourth-order valence-electron chi connectivity index (χ4n) is 2.22. The molecule has 12 N–H and O–H groups in total. The number of hydrogen-bond acceptors (Lipinski definition) is 9. The molecule has 0 aromatic carbocycles. The summed E-state index contributed by atoms with van der Waals surface area (Å²) in [5, 5.41) is 33.8. The molecule has 0 fully saturated rings. The summed E-state index contributed by atoms with van der Waals surface area (Å²) in [6, 6.07) is -6.23. The summed E-state index contributed by atoms with van der Waals surface area (Å²) >= 11 is 0. The zero-order chi connectivity index (χ0) is 24.3. The number of carbonyl (C=O) groups is 6. The molecule has 0 aliphatic heterocycles. The number of carboxylic acid groups (broad SMARTS) is 1. The average Bonchev–Trinajstić information content (AvgIpc) is 2.66. The highest BCUT2D eigenvalue weighted by Crippen LogP contribution is 2.01. The third-order valence-corrected chi connectivity index (χ3v) is 3.94. The molecule has 0 saturated heterocycles. The number of nitrogens with one attached hydrogen (secondary N) is 3. The minimum atomic E-state index is -1.71. The zero-order valence-corrected chi connectivity index (χ0v) is 16.7. The van der Waals surface area contributed by atoms with Gasteiger partial charge in [-0.1, -0.05) is 0 Å². The number of rotatable bonds is 14. The maximum atomic E-state index is 12.5. The van der Waals surface area contributed by atoms with E-state index >= 15 is 0 Å². The lowest BCUT2D eigenvalue weighted by Gasteiger charge is -2.25. The summed E-state index contributed by atoms with van der Waals surface area (Å²) in [4.78, 5) is 69.8. The first-order valence-corrected chi connectivity index (χ1v) is 9.05. The van der Waals surface area contributed by atoms with Gasteiger partial charge in [0.1, 0.15) is 18.1 Å². The summed E-state index contributed by atoms with van der Waals surface area (Å²) in [5.41, 5.74) is 15.6. The van der Waals surface area contributed by atoms with Crippen LogP contribution in [0.2, 0.25) is 0 Å². The molecular weight excluding hydrogens is 420 g/mol. The number of primary amides is 2. The summed E-state index contributed by atoms with van der Waals surface area (Å²) in [6.07, 6.45) is -2.54. The first kappa shape index (κ1) is 27.7. The van der Waals surface area contributed by atoms with Gasteiger partial charge in [0.15, 0.2) is 0 Å². The highest BCUT2D eigenvalue weighted by Gasteiger charge is 2.33. The van der Waals surface area contributed by atoms with Crippen molar-refractivity contribution in [1.29, 1.82) is 0 Å². The van der Waals surface area contributed by atoms with Crippen LogP contribution in [-0.4, -0.2) is 87.7 Å². The Morgan fingerprint density at radius 3 is 1.84 bits per heavy atom. The first-order valence-electron chi connectivity index (χ1n) is 9.05. The Balaban J connectivity index is 5.33. The molecule has 0 aliphatic rings. The van der Waals surface area contributed by atoms with Crippen molar-refractivity contribution in [3.05, 3.63) is 0 Å². The molecule has 31 heavy (non-hydrogen) atoms. The van der Waals surface area contributed by atoms with Crippen LogP contribution in [0.25, 0.3) is 0 Å². The molecule has 0 radical (unpaired) electrons. The Morgan fingerprint density at radius 2 is 1.42 bits per heavy atom. The number of hydrogen-bond donors (Lipinski definition) is 9. The summed E-state index contributed by atoms with van der Waals surface area (Å²) in [7, 11) is 0. The molecule has 0 heterocycles.